The molecule has 4 nitrogen and oxygen atoms in total. The summed E-state index contributed by atoms with van der Waals surface area (Å²) in [5.41, 5.74) is 6.52. The Morgan fingerprint density at radius 2 is 1.96 bits per heavy atom. The van der Waals surface area contributed by atoms with Crippen molar-refractivity contribution >= 4 is 16.7 Å². The van der Waals surface area contributed by atoms with Gasteiger partial charge in [-0.25, -0.2) is 4.98 Å². The lowest BCUT2D eigenvalue weighted by atomic mass is 9.97. The lowest BCUT2D eigenvalue weighted by molar-refractivity contribution is 0.307. The fraction of sp³-hybridized carbons (Fsp3) is 0.409. The number of anilines is 1. The second-order valence-corrected chi connectivity index (χ2v) is 7.87. The Morgan fingerprint density at radius 1 is 1.12 bits per heavy atom. The zero-order valence-corrected chi connectivity index (χ0v) is 15.3. The number of fused-ring (bicyclic) bond motifs is 3. The van der Waals surface area contributed by atoms with Gasteiger partial charge in [-0.2, -0.15) is 0 Å². The summed E-state index contributed by atoms with van der Waals surface area (Å²) < 4.78 is 2.48. The van der Waals surface area contributed by atoms with Crippen LogP contribution >= 0.6 is 0 Å². The number of nitrogens with one attached hydrogen (secondary N) is 2. The average Bonchev–Trinajstić information content (AvgIpc) is 2.96. The van der Waals surface area contributed by atoms with Crippen molar-refractivity contribution in [3.8, 4) is 0 Å². The molecule has 1 fully saturated rings. The van der Waals surface area contributed by atoms with E-state index in [1.165, 1.54) is 40.1 Å². The van der Waals surface area contributed by atoms with Gasteiger partial charge in [0.2, 0.25) is 0 Å². The van der Waals surface area contributed by atoms with Gasteiger partial charge in [0, 0.05) is 49.3 Å². The molecule has 2 aliphatic rings. The smallest absolute Gasteiger partial charge is 0.114 e. The van der Waals surface area contributed by atoms with Gasteiger partial charge >= 0.3 is 0 Å². The number of benzene rings is 2. The Morgan fingerprint density at radius 3 is 2.73 bits per heavy atom. The molecule has 0 unspecified atom stereocenters. The lowest BCUT2D eigenvalue weighted by Gasteiger charge is -2.28. The van der Waals surface area contributed by atoms with E-state index in [9.17, 15) is 0 Å². The zero-order chi connectivity index (χ0) is 17.5. The molecule has 3 aromatic rings. The maximum atomic E-state index is 5.16. The summed E-state index contributed by atoms with van der Waals surface area (Å²) >= 11 is 0. The molecule has 0 saturated carbocycles. The lowest BCUT2D eigenvalue weighted by Crippen LogP contribution is -2.44. The molecular weight excluding hydrogens is 320 g/mol. The van der Waals surface area contributed by atoms with Crippen molar-refractivity contribution in [2.45, 2.75) is 38.8 Å². The van der Waals surface area contributed by atoms with E-state index < -0.39 is 0 Å². The molecule has 4 heteroatoms. The van der Waals surface area contributed by atoms with Gasteiger partial charge in [0.05, 0.1) is 11.0 Å². The van der Waals surface area contributed by atoms with E-state index in [-0.39, 0.29) is 0 Å². The van der Waals surface area contributed by atoms with Gasteiger partial charge in [0.15, 0.2) is 0 Å². The summed E-state index contributed by atoms with van der Waals surface area (Å²) in [4.78, 5) is 5.16. The second kappa shape index (κ2) is 6.44. The molecule has 26 heavy (non-hydrogen) atoms. The molecular formula is C22H26N4. The van der Waals surface area contributed by atoms with Crippen LogP contribution in [0.15, 0.2) is 42.5 Å². The molecule has 2 N–H and O–H groups in total. The van der Waals surface area contributed by atoms with Crippen LogP contribution in [0.2, 0.25) is 0 Å². The van der Waals surface area contributed by atoms with E-state index >= 15 is 0 Å². The topological polar surface area (TPSA) is 41.9 Å². The Balaban J connectivity index is 1.60. The molecule has 1 atom stereocenters. The van der Waals surface area contributed by atoms with Crippen molar-refractivity contribution in [3.05, 3.63) is 59.4 Å². The van der Waals surface area contributed by atoms with Crippen molar-refractivity contribution < 1.29 is 0 Å². The summed E-state index contributed by atoms with van der Waals surface area (Å²) in [7, 11) is 0. The first-order valence-electron chi connectivity index (χ1n) is 9.80. The Kier molecular flexibility index (Phi) is 3.93. The van der Waals surface area contributed by atoms with Crippen LogP contribution in [0.1, 0.15) is 30.3 Å². The van der Waals surface area contributed by atoms with Crippen LogP contribution in [-0.2, 0) is 19.4 Å². The fourth-order valence-corrected chi connectivity index (χ4v) is 4.23. The predicted octanol–water partition coefficient (Wildman–Crippen LogP) is 3.59. The van der Waals surface area contributed by atoms with Gasteiger partial charge in [-0.15, -0.1) is 0 Å². The quantitative estimate of drug-likeness (QED) is 0.758. The molecule has 0 bridgehead atoms. The molecule has 1 aromatic heterocycles. The molecule has 2 aliphatic heterocycles. The van der Waals surface area contributed by atoms with Crippen LogP contribution in [0.3, 0.4) is 0 Å². The van der Waals surface area contributed by atoms with Crippen molar-refractivity contribution in [3.63, 3.8) is 0 Å². The SMILES string of the molecule is C[C@H]1CCc2c(ccc3c2nc(Cc2ccccc2)n3CC2CNC2)N1. The first kappa shape index (κ1) is 15.9. The number of rotatable bonds is 4. The Labute approximate surface area is 154 Å². The Hall–Kier alpha value is -2.33. The summed E-state index contributed by atoms with van der Waals surface area (Å²) in [5, 5.41) is 7.04. The van der Waals surface area contributed by atoms with Crippen LogP contribution in [0.4, 0.5) is 5.69 Å². The molecule has 0 aliphatic carbocycles. The number of hydrogen-bond donors (Lipinski definition) is 2. The molecule has 1 saturated heterocycles. The van der Waals surface area contributed by atoms with E-state index in [1.54, 1.807) is 0 Å². The van der Waals surface area contributed by atoms with Crippen molar-refractivity contribution in [2.24, 2.45) is 5.92 Å². The maximum absolute atomic E-state index is 5.16. The van der Waals surface area contributed by atoms with Gasteiger partial charge in [-0.3, -0.25) is 0 Å². The highest BCUT2D eigenvalue weighted by atomic mass is 15.1. The zero-order valence-electron chi connectivity index (χ0n) is 15.3. The summed E-state index contributed by atoms with van der Waals surface area (Å²) in [6, 6.07) is 15.8. The third kappa shape index (κ3) is 2.78. The number of nitrogens with zero attached hydrogens (tertiary/aromatic N) is 2. The number of aryl methyl sites for hydroxylation is 1. The molecule has 2 aromatic carbocycles. The molecule has 0 spiro atoms. The van der Waals surface area contributed by atoms with Crippen LogP contribution in [0, 0.1) is 5.92 Å². The van der Waals surface area contributed by atoms with Gasteiger partial charge in [-0.05, 0) is 37.5 Å². The van der Waals surface area contributed by atoms with Gasteiger partial charge in [0.1, 0.15) is 5.82 Å². The molecule has 0 amide bonds. The van der Waals surface area contributed by atoms with E-state index in [1.807, 2.05) is 0 Å². The summed E-state index contributed by atoms with van der Waals surface area (Å²) in [6.07, 6.45) is 3.20. The normalized spacial score (nSPS) is 19.8. The molecule has 134 valence electrons. The van der Waals surface area contributed by atoms with Gasteiger partial charge in [-0.1, -0.05) is 30.3 Å². The monoisotopic (exact) mass is 346 g/mol. The van der Waals surface area contributed by atoms with Crippen molar-refractivity contribution in [1.82, 2.24) is 14.9 Å². The van der Waals surface area contributed by atoms with E-state index in [0.29, 0.717) is 6.04 Å². The van der Waals surface area contributed by atoms with Crippen LogP contribution in [-0.4, -0.2) is 28.7 Å². The minimum absolute atomic E-state index is 0.548. The van der Waals surface area contributed by atoms with Crippen LogP contribution < -0.4 is 10.6 Å². The number of aromatic nitrogens is 2. The highest BCUT2D eigenvalue weighted by molar-refractivity contribution is 5.86. The average molecular weight is 346 g/mol. The highest BCUT2D eigenvalue weighted by Crippen LogP contribution is 2.33. The first-order chi connectivity index (χ1) is 12.8. The van der Waals surface area contributed by atoms with E-state index in [4.69, 9.17) is 4.98 Å². The van der Waals surface area contributed by atoms with E-state index in [2.05, 4.69) is 64.6 Å². The van der Waals surface area contributed by atoms with Gasteiger partial charge in [0.25, 0.3) is 0 Å². The molecule has 5 rings (SSSR count). The first-order valence-corrected chi connectivity index (χ1v) is 9.80. The number of hydrogen-bond acceptors (Lipinski definition) is 3. The third-order valence-corrected chi connectivity index (χ3v) is 5.85. The predicted molar refractivity (Wildman–Crippen MR) is 107 cm³/mol. The van der Waals surface area contributed by atoms with Crippen LogP contribution in [0.5, 0.6) is 0 Å². The summed E-state index contributed by atoms with van der Waals surface area (Å²) in [6.45, 7) is 5.56. The fourth-order valence-electron chi connectivity index (χ4n) is 4.23. The third-order valence-electron chi connectivity index (χ3n) is 5.85. The minimum Gasteiger partial charge on any atom is -0.382 e. The van der Waals surface area contributed by atoms with Crippen molar-refractivity contribution in [2.75, 3.05) is 18.4 Å². The van der Waals surface area contributed by atoms with Crippen molar-refractivity contribution in [1.29, 1.82) is 0 Å². The van der Waals surface area contributed by atoms with E-state index in [0.717, 1.165) is 38.4 Å². The maximum Gasteiger partial charge on any atom is 0.114 e. The number of imidazole rings is 1. The minimum atomic E-state index is 0.548. The standard InChI is InChI=1S/C22H26N4/c1-15-7-8-18-19(24-15)9-10-20-22(18)25-21(11-16-5-3-2-4-6-16)26(20)14-17-12-23-13-17/h2-6,9-10,15,17,23-24H,7-8,11-14H2,1H3/t15-/m0/s1. The van der Waals surface area contributed by atoms with Crippen LogP contribution in [0.25, 0.3) is 11.0 Å². The van der Waals surface area contributed by atoms with Gasteiger partial charge < -0.3 is 15.2 Å². The highest BCUT2D eigenvalue weighted by Gasteiger charge is 2.24. The molecule has 0 radical (unpaired) electrons. The summed E-state index contributed by atoms with van der Waals surface area (Å²) in [5.74, 6) is 1.92. The molecule has 3 heterocycles. The largest absolute Gasteiger partial charge is 0.382 e. The Bertz CT molecular complexity index is 924. The second-order valence-electron chi connectivity index (χ2n) is 7.87.